The zero-order chi connectivity index (χ0) is 15.2. The Morgan fingerprint density at radius 3 is 2.76 bits per heavy atom. The summed E-state index contributed by atoms with van der Waals surface area (Å²) < 4.78 is 4.76. The summed E-state index contributed by atoms with van der Waals surface area (Å²) in [5, 5.41) is 4.51. The number of pyridine rings is 1. The smallest absolute Gasteiger partial charge is 0.325 e. The molecule has 1 amide bonds. The third-order valence-electron chi connectivity index (χ3n) is 2.80. The second kappa shape index (κ2) is 6.99. The number of aromatic nitrogens is 1. The highest BCUT2D eigenvalue weighted by Crippen LogP contribution is 2.23. The van der Waals surface area contributed by atoms with Gasteiger partial charge >= 0.3 is 5.97 Å². The molecule has 0 aliphatic carbocycles. The largest absolute Gasteiger partial charge is 0.465 e. The normalized spacial score (nSPS) is 10.2. The van der Waals surface area contributed by atoms with Crippen molar-refractivity contribution in [2.75, 3.05) is 13.2 Å². The maximum atomic E-state index is 12.0. The second-order valence-corrected chi connectivity index (χ2v) is 5.24. The number of nitrogens with one attached hydrogen (secondary N) is 1. The Bertz CT molecular complexity index is 638. The molecule has 0 fully saturated rings. The van der Waals surface area contributed by atoms with Crippen molar-refractivity contribution in [2.24, 2.45) is 0 Å². The lowest BCUT2D eigenvalue weighted by molar-refractivity contribution is -0.141. The van der Waals surface area contributed by atoms with Crippen molar-refractivity contribution < 1.29 is 14.3 Å². The lowest BCUT2D eigenvalue weighted by atomic mass is 10.1. The van der Waals surface area contributed by atoms with E-state index in [0.717, 1.165) is 10.6 Å². The summed E-state index contributed by atoms with van der Waals surface area (Å²) in [6.07, 6.45) is 0. The molecule has 0 unspecified atom stereocenters. The molecular formula is C15H16N2O3S. The first-order valence-corrected chi connectivity index (χ1v) is 7.45. The number of esters is 1. The van der Waals surface area contributed by atoms with Crippen molar-refractivity contribution in [3.05, 3.63) is 40.9 Å². The SMILES string of the molecule is CCOC(=O)CNC(=O)c1ccc(-c2cccs2)nc1C. The molecule has 110 valence electrons. The molecule has 1 N–H and O–H groups in total. The van der Waals surface area contributed by atoms with Crippen LogP contribution in [0.15, 0.2) is 29.6 Å². The first-order valence-electron chi connectivity index (χ1n) is 6.57. The Balaban J connectivity index is 2.07. The van der Waals surface area contributed by atoms with Crippen LogP contribution in [0.2, 0.25) is 0 Å². The standard InChI is InChI=1S/C15H16N2O3S/c1-3-20-14(18)9-16-15(19)11-6-7-12(17-10(11)2)13-5-4-8-21-13/h4-8H,3,9H2,1-2H3,(H,16,19). The maximum absolute atomic E-state index is 12.0. The number of amides is 1. The van der Waals surface area contributed by atoms with Crippen molar-refractivity contribution in [2.45, 2.75) is 13.8 Å². The monoisotopic (exact) mass is 304 g/mol. The molecule has 2 aromatic heterocycles. The summed E-state index contributed by atoms with van der Waals surface area (Å²) in [5.74, 6) is -0.780. The first kappa shape index (κ1) is 15.2. The Labute approximate surface area is 127 Å². The molecule has 0 aliphatic rings. The van der Waals surface area contributed by atoms with Gasteiger partial charge in [0.1, 0.15) is 6.54 Å². The van der Waals surface area contributed by atoms with Crippen molar-refractivity contribution in [1.82, 2.24) is 10.3 Å². The molecule has 6 heteroatoms. The van der Waals surface area contributed by atoms with Gasteiger partial charge in [0.15, 0.2) is 0 Å². The average Bonchev–Trinajstić information content (AvgIpc) is 2.99. The number of hydrogen-bond acceptors (Lipinski definition) is 5. The van der Waals surface area contributed by atoms with Gasteiger partial charge in [0.2, 0.25) is 0 Å². The quantitative estimate of drug-likeness (QED) is 0.861. The maximum Gasteiger partial charge on any atom is 0.325 e. The van der Waals surface area contributed by atoms with Crippen LogP contribution in [0.5, 0.6) is 0 Å². The molecule has 21 heavy (non-hydrogen) atoms. The van der Waals surface area contributed by atoms with E-state index in [1.54, 1.807) is 37.3 Å². The minimum absolute atomic E-state index is 0.140. The Kier molecular flexibility index (Phi) is 5.05. The van der Waals surface area contributed by atoms with Crippen molar-refractivity contribution in [3.8, 4) is 10.6 Å². The number of carbonyl (C=O) groups excluding carboxylic acids is 2. The van der Waals surface area contributed by atoms with Gasteiger partial charge in [-0.1, -0.05) is 6.07 Å². The Morgan fingerprint density at radius 1 is 1.33 bits per heavy atom. The van der Waals surface area contributed by atoms with E-state index in [9.17, 15) is 9.59 Å². The van der Waals surface area contributed by atoms with E-state index in [4.69, 9.17) is 4.74 Å². The lowest BCUT2D eigenvalue weighted by Crippen LogP contribution is -2.31. The minimum Gasteiger partial charge on any atom is -0.465 e. The van der Waals surface area contributed by atoms with Crippen molar-refractivity contribution in [3.63, 3.8) is 0 Å². The van der Waals surface area contributed by atoms with E-state index in [1.165, 1.54) is 0 Å². The van der Waals surface area contributed by atoms with Crippen LogP contribution in [0.4, 0.5) is 0 Å². The molecule has 2 aromatic rings. The van der Waals surface area contributed by atoms with Gasteiger partial charge in [0.05, 0.1) is 28.4 Å². The fourth-order valence-corrected chi connectivity index (χ4v) is 2.52. The summed E-state index contributed by atoms with van der Waals surface area (Å²) >= 11 is 1.59. The first-order chi connectivity index (χ1) is 10.1. The minimum atomic E-state index is -0.452. The van der Waals surface area contributed by atoms with Crippen LogP contribution in [-0.2, 0) is 9.53 Å². The predicted molar refractivity (Wildman–Crippen MR) is 81.3 cm³/mol. The van der Waals surface area contributed by atoms with E-state index in [-0.39, 0.29) is 12.5 Å². The molecule has 0 bridgehead atoms. The number of ether oxygens (including phenoxy) is 1. The van der Waals surface area contributed by atoms with Gasteiger partial charge in [-0.25, -0.2) is 0 Å². The van der Waals surface area contributed by atoms with Crippen LogP contribution >= 0.6 is 11.3 Å². The van der Waals surface area contributed by atoms with Crippen molar-refractivity contribution in [1.29, 1.82) is 0 Å². The lowest BCUT2D eigenvalue weighted by Gasteiger charge is -2.08. The summed E-state index contributed by atoms with van der Waals surface area (Å²) in [6.45, 7) is 3.65. The van der Waals surface area contributed by atoms with Gasteiger partial charge in [-0.2, -0.15) is 0 Å². The van der Waals surface area contributed by atoms with E-state index < -0.39 is 5.97 Å². The third-order valence-corrected chi connectivity index (χ3v) is 3.70. The Morgan fingerprint density at radius 2 is 2.14 bits per heavy atom. The molecule has 0 aliphatic heterocycles. The third kappa shape index (κ3) is 3.88. The van der Waals surface area contributed by atoms with Crippen LogP contribution < -0.4 is 5.32 Å². The highest BCUT2D eigenvalue weighted by Gasteiger charge is 2.13. The molecule has 0 spiro atoms. The topological polar surface area (TPSA) is 68.3 Å². The predicted octanol–water partition coefficient (Wildman–Crippen LogP) is 2.41. The molecule has 2 heterocycles. The summed E-state index contributed by atoms with van der Waals surface area (Å²) in [4.78, 5) is 28.7. The number of thiophene rings is 1. The zero-order valence-electron chi connectivity index (χ0n) is 11.9. The number of hydrogen-bond donors (Lipinski definition) is 1. The van der Waals surface area contributed by atoms with E-state index in [0.29, 0.717) is 17.9 Å². The van der Waals surface area contributed by atoms with Crippen LogP contribution in [0.25, 0.3) is 10.6 Å². The fourth-order valence-electron chi connectivity index (χ4n) is 1.82. The second-order valence-electron chi connectivity index (χ2n) is 4.29. The van der Waals surface area contributed by atoms with E-state index >= 15 is 0 Å². The highest BCUT2D eigenvalue weighted by atomic mass is 32.1. The van der Waals surface area contributed by atoms with Gasteiger partial charge in [0, 0.05) is 0 Å². The van der Waals surface area contributed by atoms with Crippen molar-refractivity contribution >= 4 is 23.2 Å². The van der Waals surface area contributed by atoms with Gasteiger partial charge < -0.3 is 10.1 Å². The van der Waals surface area contributed by atoms with Gasteiger partial charge in [-0.15, -0.1) is 11.3 Å². The summed E-state index contributed by atoms with van der Waals surface area (Å²) in [6, 6.07) is 7.46. The number of rotatable bonds is 5. The molecular weight excluding hydrogens is 288 g/mol. The highest BCUT2D eigenvalue weighted by molar-refractivity contribution is 7.13. The molecule has 5 nitrogen and oxygen atoms in total. The Hall–Kier alpha value is -2.21. The van der Waals surface area contributed by atoms with Crippen LogP contribution in [0.3, 0.4) is 0 Å². The summed E-state index contributed by atoms with van der Waals surface area (Å²) in [5.41, 5.74) is 1.92. The number of carbonyl (C=O) groups is 2. The van der Waals surface area contributed by atoms with Crippen LogP contribution in [0, 0.1) is 6.92 Å². The van der Waals surface area contributed by atoms with Crippen LogP contribution in [-0.4, -0.2) is 30.0 Å². The molecule has 0 saturated heterocycles. The molecule has 0 atom stereocenters. The van der Waals surface area contributed by atoms with Crippen LogP contribution in [0.1, 0.15) is 23.0 Å². The number of aryl methyl sites for hydroxylation is 1. The molecule has 0 saturated carbocycles. The van der Waals surface area contributed by atoms with E-state index in [2.05, 4.69) is 10.3 Å². The van der Waals surface area contributed by atoms with Gasteiger partial charge in [0.25, 0.3) is 5.91 Å². The molecule has 0 aromatic carbocycles. The molecule has 2 rings (SSSR count). The summed E-state index contributed by atoms with van der Waals surface area (Å²) in [7, 11) is 0. The average molecular weight is 304 g/mol. The van der Waals surface area contributed by atoms with Gasteiger partial charge in [-0.3, -0.25) is 14.6 Å². The molecule has 0 radical (unpaired) electrons. The van der Waals surface area contributed by atoms with Gasteiger partial charge in [-0.05, 0) is 37.4 Å². The zero-order valence-corrected chi connectivity index (χ0v) is 12.7. The van der Waals surface area contributed by atoms with E-state index in [1.807, 2.05) is 17.5 Å². The number of nitrogens with zero attached hydrogens (tertiary/aromatic N) is 1. The fraction of sp³-hybridized carbons (Fsp3) is 0.267.